The molecule has 0 atom stereocenters. The van der Waals surface area contributed by atoms with Gasteiger partial charge in [0, 0.05) is 12.5 Å². The van der Waals surface area contributed by atoms with Crippen molar-refractivity contribution < 1.29 is 4.79 Å². The first-order valence-electron chi connectivity index (χ1n) is 6.04. The first kappa shape index (κ1) is 12.7. The van der Waals surface area contributed by atoms with Crippen molar-refractivity contribution >= 4 is 5.78 Å². The van der Waals surface area contributed by atoms with Gasteiger partial charge in [0.15, 0.2) is 0 Å². The van der Waals surface area contributed by atoms with Gasteiger partial charge in [-0.25, -0.2) is 0 Å². The molecule has 0 unspecified atom stereocenters. The van der Waals surface area contributed by atoms with Crippen LogP contribution >= 0.6 is 0 Å². The van der Waals surface area contributed by atoms with Crippen LogP contribution in [-0.2, 0) is 4.79 Å². The smallest absolute Gasteiger partial charge is 0.146 e. The predicted molar refractivity (Wildman–Crippen MR) is 63.1 cm³/mol. The minimum atomic E-state index is 0.388. The molecule has 1 aliphatic rings. The molecular formula is C12H24N2O. The van der Waals surface area contributed by atoms with Crippen LogP contribution in [0.25, 0.3) is 0 Å². The van der Waals surface area contributed by atoms with Crippen LogP contribution in [0, 0.1) is 0 Å². The number of carbonyl (C=O) groups excluding carboxylic acids is 1. The summed E-state index contributed by atoms with van der Waals surface area (Å²) in [7, 11) is 4.25. The van der Waals surface area contributed by atoms with E-state index in [0.29, 0.717) is 18.4 Å². The Kier molecular flexibility index (Phi) is 5.26. The molecule has 0 amide bonds. The van der Waals surface area contributed by atoms with Crippen molar-refractivity contribution in [3.8, 4) is 0 Å². The molecule has 15 heavy (non-hydrogen) atoms. The lowest BCUT2D eigenvalue weighted by Crippen LogP contribution is -2.43. The Morgan fingerprint density at radius 2 is 2.00 bits per heavy atom. The van der Waals surface area contributed by atoms with Crippen LogP contribution in [0.5, 0.6) is 0 Å². The molecule has 3 heteroatoms. The van der Waals surface area contributed by atoms with Crippen molar-refractivity contribution in [2.45, 2.75) is 38.6 Å². The Morgan fingerprint density at radius 3 is 2.53 bits per heavy atom. The average Bonchev–Trinajstić information content (AvgIpc) is 2.18. The van der Waals surface area contributed by atoms with Gasteiger partial charge in [-0.15, -0.1) is 0 Å². The monoisotopic (exact) mass is 212 g/mol. The molecule has 1 heterocycles. The number of rotatable bonds is 5. The summed E-state index contributed by atoms with van der Waals surface area (Å²) in [5, 5.41) is 0. The minimum Gasteiger partial charge on any atom is -0.306 e. The summed E-state index contributed by atoms with van der Waals surface area (Å²) in [6, 6.07) is 0.613. The quantitative estimate of drug-likeness (QED) is 0.688. The van der Waals surface area contributed by atoms with Gasteiger partial charge in [-0.05, 0) is 46.4 Å². The minimum absolute atomic E-state index is 0.388. The predicted octanol–water partition coefficient (Wildman–Crippen LogP) is 1.38. The fourth-order valence-electron chi connectivity index (χ4n) is 2.20. The molecule has 1 aliphatic heterocycles. The van der Waals surface area contributed by atoms with Crippen LogP contribution in [0.2, 0.25) is 0 Å². The summed E-state index contributed by atoms with van der Waals surface area (Å²) in [5.41, 5.74) is 0. The molecule has 0 aromatic heterocycles. The highest BCUT2D eigenvalue weighted by molar-refractivity contribution is 5.80. The largest absolute Gasteiger partial charge is 0.306 e. The number of Topliss-reactive ketones (excluding diaryl/α,β-unsaturated/α-hetero) is 1. The fourth-order valence-corrected chi connectivity index (χ4v) is 2.20. The van der Waals surface area contributed by atoms with E-state index in [1.165, 1.54) is 12.8 Å². The Bertz CT molecular complexity index is 198. The zero-order valence-electron chi connectivity index (χ0n) is 10.3. The third kappa shape index (κ3) is 4.31. The van der Waals surface area contributed by atoms with Crippen molar-refractivity contribution in [1.29, 1.82) is 0 Å². The van der Waals surface area contributed by atoms with E-state index in [0.717, 1.165) is 25.9 Å². The molecular weight excluding hydrogens is 188 g/mol. The molecule has 0 aromatic carbocycles. The standard InChI is InChI=1S/C12H24N2O/c1-4-5-12(15)10-14(3)11-6-8-13(2)9-7-11/h11H,4-10H2,1-3H3. The summed E-state index contributed by atoms with van der Waals surface area (Å²) in [5.74, 6) is 0.388. The van der Waals surface area contributed by atoms with Crippen LogP contribution in [0.15, 0.2) is 0 Å². The average molecular weight is 212 g/mol. The molecule has 0 N–H and O–H groups in total. The van der Waals surface area contributed by atoms with Crippen LogP contribution in [0.4, 0.5) is 0 Å². The first-order valence-corrected chi connectivity index (χ1v) is 6.04. The van der Waals surface area contributed by atoms with Crippen molar-refractivity contribution in [3.63, 3.8) is 0 Å². The second kappa shape index (κ2) is 6.23. The molecule has 3 nitrogen and oxygen atoms in total. The van der Waals surface area contributed by atoms with E-state index < -0.39 is 0 Å². The Balaban J connectivity index is 2.27. The van der Waals surface area contributed by atoms with Crippen LogP contribution < -0.4 is 0 Å². The number of likely N-dealkylation sites (tertiary alicyclic amines) is 1. The molecule has 0 saturated carbocycles. The maximum Gasteiger partial charge on any atom is 0.146 e. The summed E-state index contributed by atoms with van der Waals surface area (Å²) in [6.07, 6.45) is 4.11. The van der Waals surface area contributed by atoms with Crippen molar-refractivity contribution in [3.05, 3.63) is 0 Å². The van der Waals surface area contributed by atoms with Crippen molar-refractivity contribution in [2.75, 3.05) is 33.7 Å². The topological polar surface area (TPSA) is 23.6 Å². The lowest BCUT2D eigenvalue weighted by Gasteiger charge is -2.34. The lowest BCUT2D eigenvalue weighted by molar-refractivity contribution is -0.120. The van der Waals surface area contributed by atoms with Gasteiger partial charge in [0.2, 0.25) is 0 Å². The lowest BCUT2D eigenvalue weighted by atomic mass is 10.0. The van der Waals surface area contributed by atoms with E-state index in [4.69, 9.17) is 0 Å². The Hall–Kier alpha value is -0.410. The second-order valence-electron chi connectivity index (χ2n) is 4.74. The third-order valence-corrected chi connectivity index (χ3v) is 3.27. The maximum absolute atomic E-state index is 11.5. The van der Waals surface area contributed by atoms with Gasteiger partial charge in [0.1, 0.15) is 5.78 Å². The highest BCUT2D eigenvalue weighted by atomic mass is 16.1. The fraction of sp³-hybridized carbons (Fsp3) is 0.917. The summed E-state index contributed by atoms with van der Waals surface area (Å²) in [6.45, 7) is 5.03. The van der Waals surface area contributed by atoms with E-state index in [2.05, 4.69) is 30.8 Å². The van der Waals surface area contributed by atoms with Crippen LogP contribution in [0.1, 0.15) is 32.6 Å². The molecule has 1 saturated heterocycles. The zero-order valence-corrected chi connectivity index (χ0v) is 10.3. The number of hydrogen-bond acceptors (Lipinski definition) is 3. The Morgan fingerprint density at radius 1 is 1.40 bits per heavy atom. The maximum atomic E-state index is 11.5. The summed E-state index contributed by atoms with van der Waals surface area (Å²) < 4.78 is 0. The molecule has 88 valence electrons. The van der Waals surface area contributed by atoms with Crippen LogP contribution in [0.3, 0.4) is 0 Å². The molecule has 1 fully saturated rings. The van der Waals surface area contributed by atoms with Crippen molar-refractivity contribution in [1.82, 2.24) is 9.80 Å². The molecule has 0 aliphatic carbocycles. The van der Waals surface area contributed by atoms with Gasteiger partial charge >= 0.3 is 0 Å². The van der Waals surface area contributed by atoms with Crippen LogP contribution in [-0.4, -0.2) is 55.4 Å². The van der Waals surface area contributed by atoms with Gasteiger partial charge in [-0.1, -0.05) is 6.92 Å². The molecule has 0 radical (unpaired) electrons. The molecule has 0 aromatic rings. The summed E-state index contributed by atoms with van der Waals surface area (Å²) in [4.78, 5) is 16.1. The van der Waals surface area contributed by atoms with Gasteiger partial charge in [0.05, 0.1) is 6.54 Å². The molecule has 0 bridgehead atoms. The van der Waals surface area contributed by atoms with Gasteiger partial charge in [-0.3, -0.25) is 9.69 Å². The number of ketones is 1. The zero-order chi connectivity index (χ0) is 11.3. The van der Waals surface area contributed by atoms with E-state index >= 15 is 0 Å². The van der Waals surface area contributed by atoms with Gasteiger partial charge in [0.25, 0.3) is 0 Å². The second-order valence-corrected chi connectivity index (χ2v) is 4.74. The van der Waals surface area contributed by atoms with E-state index in [9.17, 15) is 4.79 Å². The van der Waals surface area contributed by atoms with Crippen molar-refractivity contribution in [2.24, 2.45) is 0 Å². The third-order valence-electron chi connectivity index (χ3n) is 3.27. The highest BCUT2D eigenvalue weighted by Gasteiger charge is 2.21. The van der Waals surface area contributed by atoms with E-state index in [1.807, 2.05) is 0 Å². The number of likely N-dealkylation sites (N-methyl/N-ethyl adjacent to an activating group) is 1. The number of nitrogens with zero attached hydrogens (tertiary/aromatic N) is 2. The van der Waals surface area contributed by atoms with Gasteiger partial charge < -0.3 is 4.90 Å². The number of piperidine rings is 1. The normalized spacial score (nSPS) is 19.7. The molecule has 1 rings (SSSR count). The Labute approximate surface area is 93.4 Å². The summed E-state index contributed by atoms with van der Waals surface area (Å²) >= 11 is 0. The van der Waals surface area contributed by atoms with Gasteiger partial charge in [-0.2, -0.15) is 0 Å². The molecule has 0 spiro atoms. The highest BCUT2D eigenvalue weighted by Crippen LogP contribution is 2.13. The van der Waals surface area contributed by atoms with E-state index in [1.54, 1.807) is 0 Å². The van der Waals surface area contributed by atoms with E-state index in [-0.39, 0.29) is 0 Å². The SMILES string of the molecule is CCCC(=O)CN(C)C1CCN(C)CC1. The number of hydrogen-bond donors (Lipinski definition) is 0. The number of carbonyl (C=O) groups is 1. The first-order chi connectivity index (χ1) is 7.13.